The molecule has 2 amide bonds. The van der Waals surface area contributed by atoms with Crippen molar-refractivity contribution < 1.29 is 4.79 Å². The Labute approximate surface area is 102 Å². The number of rotatable bonds is 2. The van der Waals surface area contributed by atoms with Crippen LogP contribution < -0.4 is 5.73 Å². The van der Waals surface area contributed by atoms with Crippen molar-refractivity contribution in [2.75, 3.05) is 11.5 Å². The molecule has 3 nitrogen and oxygen atoms in total. The van der Waals surface area contributed by atoms with Crippen LogP contribution in [0.25, 0.3) is 0 Å². The lowest BCUT2D eigenvalue weighted by Gasteiger charge is -2.40. The van der Waals surface area contributed by atoms with Gasteiger partial charge in [-0.3, -0.25) is 0 Å². The Kier molecular flexibility index (Phi) is 4.38. The van der Waals surface area contributed by atoms with Gasteiger partial charge in [0.05, 0.1) is 0 Å². The molecule has 1 aliphatic carbocycles. The Bertz CT molecular complexity index is 217. The summed E-state index contributed by atoms with van der Waals surface area (Å²) >= 11 is 2.00. The molecule has 2 N–H and O–H groups in total. The fourth-order valence-corrected chi connectivity index (χ4v) is 4.06. The third-order valence-corrected chi connectivity index (χ3v) is 4.86. The Balaban J connectivity index is 1.99. The number of hydrogen-bond donors (Lipinski definition) is 1. The number of carbonyl (C=O) groups excluding carboxylic acids is 1. The van der Waals surface area contributed by atoms with Crippen molar-refractivity contribution in [2.45, 2.75) is 57.0 Å². The molecule has 4 heteroatoms. The van der Waals surface area contributed by atoms with E-state index in [1.54, 1.807) is 0 Å². The molecule has 16 heavy (non-hydrogen) atoms. The number of thioether (sulfide) groups is 1. The highest BCUT2D eigenvalue weighted by molar-refractivity contribution is 7.99. The van der Waals surface area contributed by atoms with Crippen LogP contribution in [-0.4, -0.2) is 34.5 Å². The minimum absolute atomic E-state index is 0.191. The van der Waals surface area contributed by atoms with Crippen molar-refractivity contribution in [1.29, 1.82) is 0 Å². The van der Waals surface area contributed by atoms with Crippen LogP contribution in [0.4, 0.5) is 4.79 Å². The van der Waals surface area contributed by atoms with E-state index in [9.17, 15) is 4.79 Å². The average Bonchev–Trinajstić information content (AvgIpc) is 2.31. The van der Waals surface area contributed by atoms with Crippen LogP contribution in [-0.2, 0) is 0 Å². The molecule has 0 spiro atoms. The molecule has 2 fully saturated rings. The topological polar surface area (TPSA) is 46.3 Å². The number of carbonyl (C=O) groups is 1. The zero-order chi connectivity index (χ0) is 11.4. The molecular weight excluding hydrogens is 220 g/mol. The second-order valence-corrected chi connectivity index (χ2v) is 6.11. The van der Waals surface area contributed by atoms with Crippen molar-refractivity contribution in [3.63, 3.8) is 0 Å². The first-order chi connectivity index (χ1) is 7.79. The Hall–Kier alpha value is -0.380. The molecule has 0 aromatic heterocycles. The molecule has 0 aromatic carbocycles. The molecular formula is C12H22N2OS. The molecule has 1 saturated heterocycles. The van der Waals surface area contributed by atoms with Gasteiger partial charge in [-0.05, 0) is 37.2 Å². The van der Waals surface area contributed by atoms with Gasteiger partial charge in [0.1, 0.15) is 0 Å². The molecule has 1 heterocycles. The molecule has 0 atom stereocenters. The second-order valence-electron chi connectivity index (χ2n) is 4.88. The quantitative estimate of drug-likeness (QED) is 0.809. The highest BCUT2D eigenvalue weighted by Crippen LogP contribution is 2.29. The smallest absolute Gasteiger partial charge is 0.315 e. The zero-order valence-corrected chi connectivity index (χ0v) is 10.7. The van der Waals surface area contributed by atoms with Gasteiger partial charge in [-0.25, -0.2) is 4.79 Å². The summed E-state index contributed by atoms with van der Waals surface area (Å²) in [6.07, 6.45) is 8.42. The summed E-state index contributed by atoms with van der Waals surface area (Å²) in [6.45, 7) is 0. The number of hydrogen-bond acceptors (Lipinski definition) is 2. The van der Waals surface area contributed by atoms with Gasteiger partial charge in [-0.15, -0.1) is 0 Å². The normalized spacial score (nSPS) is 24.2. The second kappa shape index (κ2) is 5.80. The van der Waals surface area contributed by atoms with Crippen molar-refractivity contribution in [2.24, 2.45) is 5.73 Å². The van der Waals surface area contributed by atoms with Gasteiger partial charge in [0.25, 0.3) is 0 Å². The molecule has 0 bridgehead atoms. The number of amides is 2. The van der Waals surface area contributed by atoms with Gasteiger partial charge in [0.2, 0.25) is 0 Å². The summed E-state index contributed by atoms with van der Waals surface area (Å²) in [5.41, 5.74) is 5.58. The predicted molar refractivity (Wildman–Crippen MR) is 68.6 cm³/mol. The maximum absolute atomic E-state index is 11.6. The SMILES string of the molecule is NC(=O)N(C1CCCCC1)C1CCSCC1. The van der Waals surface area contributed by atoms with E-state index in [1.165, 1.54) is 30.8 Å². The van der Waals surface area contributed by atoms with E-state index in [4.69, 9.17) is 5.73 Å². The minimum Gasteiger partial charge on any atom is -0.351 e. The Morgan fingerprint density at radius 3 is 2.12 bits per heavy atom. The lowest BCUT2D eigenvalue weighted by molar-refractivity contribution is 0.125. The Morgan fingerprint density at radius 1 is 1.00 bits per heavy atom. The standard InChI is InChI=1S/C12H22N2OS/c13-12(15)14(10-4-2-1-3-5-10)11-6-8-16-9-7-11/h10-11H,1-9H2,(H2,13,15). The highest BCUT2D eigenvalue weighted by Gasteiger charge is 2.31. The minimum atomic E-state index is -0.191. The maximum Gasteiger partial charge on any atom is 0.315 e. The fraction of sp³-hybridized carbons (Fsp3) is 0.917. The van der Waals surface area contributed by atoms with E-state index in [0.29, 0.717) is 12.1 Å². The lowest BCUT2D eigenvalue weighted by Crippen LogP contribution is -2.51. The first-order valence-corrected chi connectivity index (χ1v) is 7.60. The van der Waals surface area contributed by atoms with Crippen LogP contribution in [0, 0.1) is 0 Å². The highest BCUT2D eigenvalue weighted by atomic mass is 32.2. The van der Waals surface area contributed by atoms with Gasteiger partial charge >= 0.3 is 6.03 Å². The van der Waals surface area contributed by atoms with Gasteiger partial charge < -0.3 is 10.6 Å². The summed E-state index contributed by atoms with van der Waals surface area (Å²) in [7, 11) is 0. The van der Waals surface area contributed by atoms with E-state index in [2.05, 4.69) is 0 Å². The van der Waals surface area contributed by atoms with E-state index in [1.807, 2.05) is 16.7 Å². The molecule has 1 aliphatic heterocycles. The summed E-state index contributed by atoms with van der Waals surface area (Å²) in [6, 6.07) is 0.657. The molecule has 92 valence electrons. The van der Waals surface area contributed by atoms with Crippen LogP contribution in [0.1, 0.15) is 44.9 Å². The third kappa shape index (κ3) is 2.84. The van der Waals surface area contributed by atoms with E-state index >= 15 is 0 Å². The zero-order valence-electron chi connectivity index (χ0n) is 9.86. The number of nitrogens with two attached hydrogens (primary N) is 1. The van der Waals surface area contributed by atoms with Gasteiger partial charge in [0, 0.05) is 12.1 Å². The largest absolute Gasteiger partial charge is 0.351 e. The summed E-state index contributed by atoms with van der Waals surface area (Å²) < 4.78 is 0. The van der Waals surface area contributed by atoms with Gasteiger partial charge in [0.15, 0.2) is 0 Å². The maximum atomic E-state index is 11.6. The third-order valence-electron chi connectivity index (χ3n) is 3.81. The number of primary amides is 1. The van der Waals surface area contributed by atoms with Crippen molar-refractivity contribution in [3.05, 3.63) is 0 Å². The van der Waals surface area contributed by atoms with E-state index in [0.717, 1.165) is 25.7 Å². The number of nitrogens with zero attached hydrogens (tertiary/aromatic N) is 1. The van der Waals surface area contributed by atoms with Gasteiger partial charge in [-0.1, -0.05) is 19.3 Å². The summed E-state index contributed by atoms with van der Waals surface area (Å²) in [5.74, 6) is 2.36. The van der Waals surface area contributed by atoms with Crippen molar-refractivity contribution in [1.82, 2.24) is 4.90 Å². The predicted octanol–water partition coefficient (Wildman–Crippen LogP) is 2.60. The molecule has 1 saturated carbocycles. The first-order valence-electron chi connectivity index (χ1n) is 6.44. The van der Waals surface area contributed by atoms with Crippen molar-refractivity contribution in [3.8, 4) is 0 Å². The van der Waals surface area contributed by atoms with Crippen LogP contribution in [0.2, 0.25) is 0 Å². The summed E-state index contributed by atoms with van der Waals surface area (Å²) in [4.78, 5) is 13.7. The Morgan fingerprint density at radius 2 is 1.56 bits per heavy atom. The molecule has 0 aromatic rings. The lowest BCUT2D eigenvalue weighted by atomic mass is 9.92. The van der Waals surface area contributed by atoms with Crippen LogP contribution in [0.15, 0.2) is 0 Å². The summed E-state index contributed by atoms with van der Waals surface area (Å²) in [5, 5.41) is 0. The molecule has 0 radical (unpaired) electrons. The molecule has 2 aliphatic rings. The average molecular weight is 242 g/mol. The van der Waals surface area contributed by atoms with Gasteiger partial charge in [-0.2, -0.15) is 11.8 Å². The molecule has 2 rings (SSSR count). The van der Waals surface area contributed by atoms with Crippen LogP contribution in [0.3, 0.4) is 0 Å². The number of urea groups is 1. The van der Waals surface area contributed by atoms with Crippen molar-refractivity contribution >= 4 is 17.8 Å². The van der Waals surface area contributed by atoms with Crippen LogP contribution in [0.5, 0.6) is 0 Å². The first kappa shape index (κ1) is 12.1. The monoisotopic (exact) mass is 242 g/mol. The van der Waals surface area contributed by atoms with E-state index in [-0.39, 0.29) is 6.03 Å². The van der Waals surface area contributed by atoms with E-state index < -0.39 is 0 Å². The fourth-order valence-electron chi connectivity index (χ4n) is 2.98. The van der Waals surface area contributed by atoms with Crippen LogP contribution >= 0.6 is 11.8 Å². The molecule has 0 unspecified atom stereocenters.